The topological polar surface area (TPSA) is 96.0 Å². The highest BCUT2D eigenvalue weighted by Crippen LogP contribution is 2.33. The van der Waals surface area contributed by atoms with E-state index in [9.17, 15) is 18.0 Å². The number of benzene rings is 3. The quantitative estimate of drug-likeness (QED) is 0.356. The third-order valence-electron chi connectivity index (χ3n) is 6.18. The van der Waals surface area contributed by atoms with Gasteiger partial charge in [0.05, 0.1) is 17.2 Å². The van der Waals surface area contributed by atoms with Gasteiger partial charge >= 0.3 is 0 Å². The van der Waals surface area contributed by atoms with Crippen molar-refractivity contribution in [3.63, 3.8) is 0 Å². The number of carbonyl (C=O) groups is 2. The fourth-order valence-corrected chi connectivity index (χ4v) is 5.57. The molecule has 3 aromatic rings. The molecule has 9 heteroatoms. The van der Waals surface area contributed by atoms with Crippen LogP contribution in [0.2, 0.25) is 0 Å². The Balaban J connectivity index is 2.07. The molecular formula is C31H39N3O5S. The van der Waals surface area contributed by atoms with Crippen LogP contribution in [0.1, 0.15) is 45.7 Å². The molecule has 0 fully saturated rings. The van der Waals surface area contributed by atoms with Gasteiger partial charge in [0, 0.05) is 12.1 Å². The minimum absolute atomic E-state index is 0.0395. The lowest BCUT2D eigenvalue weighted by Gasteiger charge is -2.33. The number of hydrogen-bond acceptors (Lipinski definition) is 5. The number of nitrogens with one attached hydrogen (secondary N) is 1. The van der Waals surface area contributed by atoms with Crippen LogP contribution >= 0.6 is 0 Å². The third kappa shape index (κ3) is 7.85. The Kier molecular flexibility index (Phi) is 9.98. The molecule has 0 saturated heterocycles. The zero-order valence-electron chi connectivity index (χ0n) is 24.0. The van der Waals surface area contributed by atoms with Crippen molar-refractivity contribution >= 4 is 27.5 Å². The first-order chi connectivity index (χ1) is 18.8. The van der Waals surface area contributed by atoms with E-state index in [-0.39, 0.29) is 23.0 Å². The summed E-state index contributed by atoms with van der Waals surface area (Å²) in [5.74, 6) is -0.524. The van der Waals surface area contributed by atoms with Crippen LogP contribution < -0.4 is 14.4 Å². The van der Waals surface area contributed by atoms with E-state index in [0.717, 1.165) is 15.4 Å². The zero-order chi connectivity index (χ0) is 29.5. The highest BCUT2D eigenvalue weighted by molar-refractivity contribution is 7.92. The van der Waals surface area contributed by atoms with Gasteiger partial charge in [0.2, 0.25) is 11.8 Å². The molecule has 0 aliphatic carbocycles. The second-order valence-corrected chi connectivity index (χ2v) is 12.5. The molecule has 0 saturated carbocycles. The van der Waals surface area contributed by atoms with Crippen LogP contribution in [0, 0.1) is 6.92 Å². The van der Waals surface area contributed by atoms with E-state index < -0.39 is 34.1 Å². The van der Waals surface area contributed by atoms with Crippen molar-refractivity contribution in [2.45, 2.75) is 64.6 Å². The molecule has 0 aliphatic heterocycles. The molecule has 214 valence electrons. The first-order valence-corrected chi connectivity index (χ1v) is 14.7. The summed E-state index contributed by atoms with van der Waals surface area (Å²) in [7, 11) is -4.17. The smallest absolute Gasteiger partial charge is 0.264 e. The van der Waals surface area contributed by atoms with E-state index in [2.05, 4.69) is 5.32 Å². The maximum Gasteiger partial charge on any atom is 0.264 e. The monoisotopic (exact) mass is 565 g/mol. The SMILES string of the molecule is CCOc1ccccc1N(CC(=O)N(Cc1ccc(C)cc1)[C@H](C)C(=O)NC(C)(C)C)S(=O)(=O)c1ccccc1. The highest BCUT2D eigenvalue weighted by Gasteiger charge is 2.34. The Morgan fingerprint density at radius 1 is 0.925 bits per heavy atom. The molecule has 40 heavy (non-hydrogen) atoms. The van der Waals surface area contributed by atoms with Crippen LogP contribution in [0.5, 0.6) is 5.75 Å². The predicted octanol–water partition coefficient (Wildman–Crippen LogP) is 4.92. The Morgan fingerprint density at radius 2 is 1.52 bits per heavy atom. The average Bonchev–Trinajstić information content (AvgIpc) is 2.91. The summed E-state index contributed by atoms with van der Waals surface area (Å²) < 4.78 is 34.7. The number of aryl methyl sites for hydroxylation is 1. The minimum atomic E-state index is -4.17. The number of amides is 2. The molecule has 0 spiro atoms. The van der Waals surface area contributed by atoms with Gasteiger partial charge in [-0.15, -0.1) is 0 Å². The summed E-state index contributed by atoms with van der Waals surface area (Å²) in [6.45, 7) is 10.9. The number of rotatable bonds is 11. The van der Waals surface area contributed by atoms with Crippen molar-refractivity contribution < 1.29 is 22.7 Å². The standard InChI is InChI=1S/C31H39N3O5S/c1-7-39-28-16-12-11-15-27(28)34(40(37,38)26-13-9-8-10-14-26)22-29(35)33(21-25-19-17-23(2)18-20-25)24(3)30(36)32-31(4,5)6/h8-20,24H,7,21-22H2,1-6H3,(H,32,36)/t24-/m1/s1. The molecule has 0 aliphatic rings. The van der Waals surface area contributed by atoms with Crippen molar-refractivity contribution in [3.8, 4) is 5.75 Å². The molecular weight excluding hydrogens is 526 g/mol. The van der Waals surface area contributed by atoms with E-state index in [4.69, 9.17) is 4.74 Å². The van der Waals surface area contributed by atoms with E-state index in [1.165, 1.54) is 17.0 Å². The van der Waals surface area contributed by atoms with Crippen LogP contribution in [0.4, 0.5) is 5.69 Å². The molecule has 8 nitrogen and oxygen atoms in total. The molecule has 1 N–H and O–H groups in total. The van der Waals surface area contributed by atoms with Gasteiger partial charge in [-0.25, -0.2) is 8.42 Å². The van der Waals surface area contributed by atoms with Crippen LogP contribution in [0.25, 0.3) is 0 Å². The Morgan fingerprint density at radius 3 is 2.12 bits per heavy atom. The van der Waals surface area contributed by atoms with E-state index in [1.807, 2.05) is 52.0 Å². The summed E-state index contributed by atoms with van der Waals surface area (Å²) in [5, 5.41) is 2.93. The first-order valence-electron chi connectivity index (χ1n) is 13.3. The van der Waals surface area contributed by atoms with Gasteiger partial charge in [-0.1, -0.05) is 60.2 Å². The van der Waals surface area contributed by atoms with Gasteiger partial charge in [-0.3, -0.25) is 13.9 Å². The summed E-state index contributed by atoms with van der Waals surface area (Å²) in [4.78, 5) is 28.7. The second-order valence-electron chi connectivity index (χ2n) is 10.6. The summed E-state index contributed by atoms with van der Waals surface area (Å²) >= 11 is 0. The highest BCUT2D eigenvalue weighted by atomic mass is 32.2. The lowest BCUT2D eigenvalue weighted by molar-refractivity contribution is -0.140. The number of sulfonamides is 1. The molecule has 3 rings (SSSR count). The summed E-state index contributed by atoms with van der Waals surface area (Å²) in [5.41, 5.74) is 1.61. The molecule has 0 heterocycles. The van der Waals surface area contributed by atoms with Crippen LogP contribution in [-0.2, 0) is 26.2 Å². The first kappa shape index (κ1) is 30.7. The molecule has 2 amide bonds. The van der Waals surface area contributed by atoms with Crippen molar-refractivity contribution in [1.82, 2.24) is 10.2 Å². The van der Waals surface area contributed by atoms with Gasteiger partial charge in [-0.2, -0.15) is 0 Å². The van der Waals surface area contributed by atoms with Gasteiger partial charge in [0.25, 0.3) is 10.0 Å². The van der Waals surface area contributed by atoms with Gasteiger partial charge in [0.1, 0.15) is 18.3 Å². The number of anilines is 1. The molecule has 3 aromatic carbocycles. The van der Waals surface area contributed by atoms with E-state index >= 15 is 0 Å². The van der Waals surface area contributed by atoms with Crippen molar-refractivity contribution in [3.05, 3.63) is 90.0 Å². The maximum atomic E-state index is 14.1. The zero-order valence-corrected chi connectivity index (χ0v) is 24.9. The number of nitrogens with zero attached hydrogens (tertiary/aromatic N) is 2. The number of carbonyl (C=O) groups excluding carboxylic acids is 2. The number of para-hydroxylation sites is 2. The predicted molar refractivity (Wildman–Crippen MR) is 158 cm³/mol. The molecule has 0 bridgehead atoms. The van der Waals surface area contributed by atoms with Gasteiger partial charge in [0.15, 0.2) is 0 Å². The summed E-state index contributed by atoms with van der Waals surface area (Å²) in [6.07, 6.45) is 0. The fraction of sp³-hybridized carbons (Fsp3) is 0.355. The average molecular weight is 566 g/mol. The van der Waals surface area contributed by atoms with Crippen LogP contribution in [0.3, 0.4) is 0 Å². The largest absolute Gasteiger partial charge is 0.492 e. The molecule has 0 unspecified atom stereocenters. The van der Waals surface area contributed by atoms with Crippen LogP contribution in [-0.4, -0.2) is 49.9 Å². The Hall–Kier alpha value is -3.85. The number of ether oxygens (including phenoxy) is 1. The molecule has 0 aromatic heterocycles. The second kappa shape index (κ2) is 13.0. The molecule has 1 atom stereocenters. The van der Waals surface area contributed by atoms with E-state index in [0.29, 0.717) is 12.4 Å². The third-order valence-corrected chi connectivity index (χ3v) is 7.96. The van der Waals surface area contributed by atoms with E-state index in [1.54, 1.807) is 56.3 Å². The Bertz CT molecular complexity index is 1400. The molecule has 0 radical (unpaired) electrons. The van der Waals surface area contributed by atoms with Crippen molar-refractivity contribution in [1.29, 1.82) is 0 Å². The lowest BCUT2D eigenvalue weighted by Crippen LogP contribution is -2.54. The maximum absolute atomic E-state index is 14.1. The van der Waals surface area contributed by atoms with Crippen molar-refractivity contribution in [2.75, 3.05) is 17.5 Å². The number of hydrogen-bond donors (Lipinski definition) is 1. The normalized spacial score (nSPS) is 12.3. The van der Waals surface area contributed by atoms with Gasteiger partial charge in [-0.05, 0) is 71.4 Å². The Labute approximate surface area is 238 Å². The summed E-state index contributed by atoms with van der Waals surface area (Å²) in [6, 6.07) is 21.5. The lowest BCUT2D eigenvalue weighted by atomic mass is 10.1. The fourth-order valence-electron chi connectivity index (χ4n) is 4.12. The van der Waals surface area contributed by atoms with Gasteiger partial charge < -0.3 is 15.0 Å². The van der Waals surface area contributed by atoms with Crippen LogP contribution in [0.15, 0.2) is 83.8 Å². The van der Waals surface area contributed by atoms with Crippen molar-refractivity contribution in [2.24, 2.45) is 0 Å². The minimum Gasteiger partial charge on any atom is -0.492 e.